The van der Waals surface area contributed by atoms with Gasteiger partial charge in [0.25, 0.3) is 5.91 Å². The van der Waals surface area contributed by atoms with Crippen molar-refractivity contribution in [2.24, 2.45) is 5.92 Å². The molecule has 1 aliphatic rings. The zero-order chi connectivity index (χ0) is 19.4. The molecule has 1 N–H and O–H groups in total. The topological polar surface area (TPSA) is 64.6 Å². The number of hydrogen-bond acceptors (Lipinski definition) is 5. The molecular formula is C21H25NO4S. The largest absolute Gasteiger partial charge is 0.497 e. The van der Waals surface area contributed by atoms with Crippen LogP contribution in [0.3, 0.4) is 0 Å². The molecule has 2 aromatic rings. The summed E-state index contributed by atoms with van der Waals surface area (Å²) in [6.45, 7) is 4.56. The van der Waals surface area contributed by atoms with Gasteiger partial charge in [-0.2, -0.15) is 0 Å². The lowest BCUT2D eigenvalue weighted by Crippen LogP contribution is -2.17. The number of nitrogens with one attached hydrogen (secondary N) is 1. The van der Waals surface area contributed by atoms with Crippen LogP contribution in [0, 0.1) is 5.92 Å². The van der Waals surface area contributed by atoms with Gasteiger partial charge in [-0.25, -0.2) is 4.79 Å². The van der Waals surface area contributed by atoms with Gasteiger partial charge in [0.1, 0.15) is 10.8 Å². The number of carbonyl (C=O) groups is 2. The summed E-state index contributed by atoms with van der Waals surface area (Å²) in [6, 6.07) is 6.90. The van der Waals surface area contributed by atoms with Gasteiger partial charge in [0.2, 0.25) is 0 Å². The van der Waals surface area contributed by atoms with Crippen LogP contribution in [0.1, 0.15) is 57.8 Å². The molecule has 6 heteroatoms. The highest BCUT2D eigenvalue weighted by Gasteiger charge is 2.29. The molecule has 0 fully saturated rings. The second-order valence-corrected chi connectivity index (χ2v) is 7.98. The van der Waals surface area contributed by atoms with Gasteiger partial charge in [-0.3, -0.25) is 4.79 Å². The fourth-order valence-corrected chi connectivity index (χ4v) is 4.63. The van der Waals surface area contributed by atoms with Crippen molar-refractivity contribution in [2.75, 3.05) is 19.0 Å². The van der Waals surface area contributed by atoms with Crippen LogP contribution in [0.15, 0.2) is 24.3 Å². The summed E-state index contributed by atoms with van der Waals surface area (Å²) in [6.07, 6.45) is 3.60. The van der Waals surface area contributed by atoms with Crippen molar-refractivity contribution < 1.29 is 19.1 Å². The van der Waals surface area contributed by atoms with E-state index in [2.05, 4.69) is 12.2 Å². The predicted octanol–water partition coefficient (Wildman–Crippen LogP) is 4.70. The summed E-state index contributed by atoms with van der Waals surface area (Å²) in [5.41, 5.74) is 2.10. The average molecular weight is 388 g/mol. The van der Waals surface area contributed by atoms with E-state index in [0.29, 0.717) is 34.4 Å². The van der Waals surface area contributed by atoms with Crippen molar-refractivity contribution in [2.45, 2.75) is 39.5 Å². The van der Waals surface area contributed by atoms with E-state index in [1.54, 1.807) is 31.4 Å². The first-order valence-corrected chi connectivity index (χ1v) is 10.1. The van der Waals surface area contributed by atoms with Crippen LogP contribution in [0.25, 0.3) is 0 Å². The maximum absolute atomic E-state index is 12.7. The summed E-state index contributed by atoms with van der Waals surface area (Å²) in [7, 11) is 1.58. The third kappa shape index (κ3) is 4.33. The molecule has 1 aliphatic carbocycles. The lowest BCUT2D eigenvalue weighted by Gasteiger charge is -2.18. The van der Waals surface area contributed by atoms with Crippen molar-refractivity contribution in [1.29, 1.82) is 0 Å². The first-order chi connectivity index (χ1) is 13.0. The summed E-state index contributed by atoms with van der Waals surface area (Å²) in [4.78, 5) is 26.5. The molecular weight excluding hydrogens is 362 g/mol. The number of amides is 1. The van der Waals surface area contributed by atoms with E-state index < -0.39 is 0 Å². The third-order valence-electron chi connectivity index (χ3n) is 4.73. The Morgan fingerprint density at radius 1 is 1.26 bits per heavy atom. The minimum absolute atomic E-state index is 0.242. The predicted molar refractivity (Wildman–Crippen MR) is 107 cm³/mol. The SMILES string of the molecule is CCCOC(=O)c1c(NC(=O)c2ccc(OC)cc2)sc2c1CC[C@@H](C)C2. The number of esters is 1. The van der Waals surface area contributed by atoms with E-state index in [0.717, 1.165) is 31.2 Å². The highest BCUT2D eigenvalue weighted by molar-refractivity contribution is 7.17. The van der Waals surface area contributed by atoms with Crippen LogP contribution in [-0.4, -0.2) is 25.6 Å². The molecule has 1 heterocycles. The molecule has 3 rings (SSSR count). The van der Waals surface area contributed by atoms with Crippen molar-refractivity contribution in [3.8, 4) is 5.75 Å². The van der Waals surface area contributed by atoms with Crippen LogP contribution < -0.4 is 10.1 Å². The maximum atomic E-state index is 12.7. The van der Waals surface area contributed by atoms with Gasteiger partial charge in [0, 0.05) is 10.4 Å². The van der Waals surface area contributed by atoms with Crippen LogP contribution in [0.5, 0.6) is 5.75 Å². The zero-order valence-corrected chi connectivity index (χ0v) is 16.8. The summed E-state index contributed by atoms with van der Waals surface area (Å²) < 4.78 is 10.5. The Morgan fingerprint density at radius 3 is 2.67 bits per heavy atom. The number of thiophene rings is 1. The standard InChI is InChI=1S/C21H25NO4S/c1-4-11-26-21(24)18-16-10-5-13(2)12-17(16)27-20(18)22-19(23)14-6-8-15(25-3)9-7-14/h6-9,13H,4-5,10-12H2,1-3H3,(H,22,23)/t13-/m1/s1. The second kappa shape index (κ2) is 8.57. The lowest BCUT2D eigenvalue weighted by atomic mass is 9.88. The molecule has 0 bridgehead atoms. The summed E-state index contributed by atoms with van der Waals surface area (Å²) >= 11 is 1.50. The van der Waals surface area contributed by atoms with E-state index in [9.17, 15) is 9.59 Å². The number of benzene rings is 1. The van der Waals surface area contributed by atoms with Crippen LogP contribution in [0.2, 0.25) is 0 Å². The number of hydrogen-bond donors (Lipinski definition) is 1. The Bertz CT molecular complexity index is 825. The van der Waals surface area contributed by atoms with E-state index in [1.807, 2.05) is 6.92 Å². The van der Waals surface area contributed by atoms with Gasteiger partial charge in [0.05, 0.1) is 19.3 Å². The molecule has 0 saturated carbocycles. The van der Waals surface area contributed by atoms with E-state index in [-0.39, 0.29) is 11.9 Å². The highest BCUT2D eigenvalue weighted by Crippen LogP contribution is 2.40. The van der Waals surface area contributed by atoms with E-state index in [4.69, 9.17) is 9.47 Å². The molecule has 1 aromatic carbocycles. The van der Waals surface area contributed by atoms with Crippen molar-refractivity contribution >= 4 is 28.2 Å². The minimum Gasteiger partial charge on any atom is -0.497 e. The van der Waals surface area contributed by atoms with Crippen LogP contribution >= 0.6 is 11.3 Å². The molecule has 0 aliphatic heterocycles. The summed E-state index contributed by atoms with van der Waals surface area (Å²) in [5.74, 6) is 0.694. The molecule has 0 radical (unpaired) electrons. The maximum Gasteiger partial charge on any atom is 0.341 e. The first-order valence-electron chi connectivity index (χ1n) is 9.30. The Labute approximate surface area is 163 Å². The van der Waals surface area contributed by atoms with Crippen molar-refractivity contribution in [3.05, 3.63) is 45.8 Å². The average Bonchev–Trinajstić information content (AvgIpc) is 3.02. The number of carbonyl (C=O) groups excluding carboxylic acids is 2. The molecule has 5 nitrogen and oxygen atoms in total. The van der Waals surface area contributed by atoms with Crippen molar-refractivity contribution in [3.63, 3.8) is 0 Å². The van der Waals surface area contributed by atoms with Gasteiger partial charge in [0.15, 0.2) is 0 Å². The Hall–Kier alpha value is -2.34. The van der Waals surface area contributed by atoms with Gasteiger partial charge < -0.3 is 14.8 Å². The normalized spacial score (nSPS) is 15.7. The molecule has 0 unspecified atom stereocenters. The van der Waals surface area contributed by atoms with Gasteiger partial charge >= 0.3 is 5.97 Å². The fourth-order valence-electron chi connectivity index (χ4n) is 3.24. The van der Waals surface area contributed by atoms with Crippen LogP contribution in [0.4, 0.5) is 5.00 Å². The lowest BCUT2D eigenvalue weighted by molar-refractivity contribution is 0.0505. The van der Waals surface area contributed by atoms with Crippen LogP contribution in [-0.2, 0) is 17.6 Å². The molecule has 1 amide bonds. The second-order valence-electron chi connectivity index (χ2n) is 6.87. The van der Waals surface area contributed by atoms with E-state index in [1.165, 1.54) is 16.2 Å². The number of methoxy groups -OCH3 is 1. The van der Waals surface area contributed by atoms with Gasteiger partial charge in [-0.05, 0) is 61.4 Å². The Morgan fingerprint density at radius 2 is 2.00 bits per heavy atom. The Balaban J connectivity index is 1.88. The quantitative estimate of drug-likeness (QED) is 0.730. The Kier molecular flexibility index (Phi) is 6.16. The van der Waals surface area contributed by atoms with E-state index >= 15 is 0 Å². The monoisotopic (exact) mass is 387 g/mol. The zero-order valence-electron chi connectivity index (χ0n) is 16.0. The fraction of sp³-hybridized carbons (Fsp3) is 0.429. The molecule has 1 aromatic heterocycles. The molecule has 0 saturated heterocycles. The molecule has 27 heavy (non-hydrogen) atoms. The number of fused-ring (bicyclic) bond motifs is 1. The highest BCUT2D eigenvalue weighted by atomic mass is 32.1. The number of anilines is 1. The van der Waals surface area contributed by atoms with Gasteiger partial charge in [-0.1, -0.05) is 13.8 Å². The molecule has 144 valence electrons. The minimum atomic E-state index is -0.339. The smallest absolute Gasteiger partial charge is 0.341 e. The molecule has 1 atom stereocenters. The third-order valence-corrected chi connectivity index (χ3v) is 5.90. The summed E-state index contributed by atoms with van der Waals surface area (Å²) in [5, 5.41) is 3.53. The van der Waals surface area contributed by atoms with Crippen molar-refractivity contribution in [1.82, 2.24) is 0 Å². The number of rotatable bonds is 6. The molecule has 0 spiro atoms. The first kappa shape index (κ1) is 19.4. The number of ether oxygens (including phenoxy) is 2. The van der Waals surface area contributed by atoms with Gasteiger partial charge in [-0.15, -0.1) is 11.3 Å².